The summed E-state index contributed by atoms with van der Waals surface area (Å²) >= 11 is 2.08. The van der Waals surface area contributed by atoms with Crippen LogP contribution in [-0.4, -0.2) is 15.0 Å². The minimum absolute atomic E-state index is 0. The minimum atomic E-state index is 0. The molecule has 3 N–H and O–H groups in total. The highest BCUT2D eigenvalue weighted by Gasteiger charge is 2.08. The van der Waals surface area contributed by atoms with Crippen molar-refractivity contribution in [2.24, 2.45) is 0 Å². The number of hydrogen-bond donors (Lipinski definition) is 2. The van der Waals surface area contributed by atoms with Gasteiger partial charge >= 0.3 is 0 Å². The van der Waals surface area contributed by atoms with Gasteiger partial charge < -0.3 is 15.8 Å². The van der Waals surface area contributed by atoms with E-state index in [2.05, 4.69) is 42.9 Å². The van der Waals surface area contributed by atoms with Crippen LogP contribution in [0, 0.1) is 17.5 Å². The van der Waals surface area contributed by atoms with Gasteiger partial charge in [-0.1, -0.05) is 0 Å². The van der Waals surface area contributed by atoms with Gasteiger partial charge in [0.1, 0.15) is 27.2 Å². The molecule has 0 unspecified atom stereocenters. The van der Waals surface area contributed by atoms with Crippen molar-refractivity contribution < 1.29 is 4.74 Å². The third-order valence-electron chi connectivity index (χ3n) is 3.38. The van der Waals surface area contributed by atoms with Gasteiger partial charge in [-0.05, 0) is 72.3 Å². The zero-order chi connectivity index (χ0) is 17.1. The molecule has 0 spiro atoms. The summed E-state index contributed by atoms with van der Waals surface area (Å²) in [7, 11) is 0. The molecule has 3 aromatic rings. The summed E-state index contributed by atoms with van der Waals surface area (Å²) in [6.45, 7) is 3.92. The predicted octanol–water partition coefficient (Wildman–Crippen LogP) is 4.83. The van der Waals surface area contributed by atoms with E-state index in [1.807, 2.05) is 44.2 Å². The Morgan fingerprint density at radius 3 is 2.56 bits per heavy atom. The molecule has 25 heavy (non-hydrogen) atoms. The SMILES string of the molecule is Cc1ccc(Oc2ccc(Nc3ncnc(I)c3N)cc2C)cn1.I. The van der Waals surface area contributed by atoms with Gasteiger partial charge in [-0.25, -0.2) is 9.97 Å². The number of nitrogens with zero attached hydrogens (tertiary/aromatic N) is 3. The molecule has 6 nitrogen and oxygen atoms in total. The van der Waals surface area contributed by atoms with Gasteiger partial charge in [0.25, 0.3) is 0 Å². The second kappa shape index (κ2) is 8.61. The third-order valence-corrected chi connectivity index (χ3v) is 4.24. The Morgan fingerprint density at radius 2 is 1.88 bits per heavy atom. The van der Waals surface area contributed by atoms with Crippen molar-refractivity contribution in [3.8, 4) is 11.5 Å². The maximum absolute atomic E-state index is 5.99. The van der Waals surface area contributed by atoms with Gasteiger partial charge in [-0.2, -0.15) is 0 Å². The van der Waals surface area contributed by atoms with Crippen molar-refractivity contribution >= 4 is 63.8 Å². The molecule has 0 atom stereocenters. The van der Waals surface area contributed by atoms with E-state index in [0.29, 0.717) is 21.0 Å². The molecule has 0 radical (unpaired) electrons. The molecule has 2 heterocycles. The molecular weight excluding hydrogens is 544 g/mol. The highest BCUT2D eigenvalue weighted by molar-refractivity contribution is 14.1. The molecule has 0 saturated heterocycles. The summed E-state index contributed by atoms with van der Waals surface area (Å²) in [5.41, 5.74) is 9.34. The van der Waals surface area contributed by atoms with Gasteiger partial charge in [0.15, 0.2) is 5.82 Å². The smallest absolute Gasteiger partial charge is 0.158 e. The predicted molar refractivity (Wildman–Crippen MR) is 118 cm³/mol. The van der Waals surface area contributed by atoms with Crippen molar-refractivity contribution in [1.82, 2.24) is 15.0 Å². The number of nitrogens with one attached hydrogen (secondary N) is 1. The quantitative estimate of drug-likeness (QED) is 0.351. The van der Waals surface area contributed by atoms with E-state index >= 15 is 0 Å². The first-order chi connectivity index (χ1) is 11.5. The zero-order valence-electron chi connectivity index (χ0n) is 13.7. The minimum Gasteiger partial charge on any atom is -0.455 e. The molecule has 0 aliphatic carbocycles. The fraction of sp³-hybridized carbons (Fsp3) is 0.118. The summed E-state index contributed by atoms with van der Waals surface area (Å²) in [5.74, 6) is 2.07. The molecule has 3 rings (SSSR count). The van der Waals surface area contributed by atoms with Gasteiger partial charge in [0, 0.05) is 11.4 Å². The van der Waals surface area contributed by atoms with Crippen LogP contribution in [0.5, 0.6) is 11.5 Å². The Labute approximate surface area is 176 Å². The summed E-state index contributed by atoms with van der Waals surface area (Å²) in [4.78, 5) is 12.5. The van der Waals surface area contributed by atoms with Crippen LogP contribution in [0.4, 0.5) is 17.2 Å². The van der Waals surface area contributed by atoms with Crippen molar-refractivity contribution in [3.05, 3.63) is 57.8 Å². The number of halogens is 2. The largest absolute Gasteiger partial charge is 0.455 e. The lowest BCUT2D eigenvalue weighted by Gasteiger charge is -2.12. The van der Waals surface area contributed by atoms with Crippen LogP contribution in [0.25, 0.3) is 0 Å². The number of aromatic nitrogens is 3. The lowest BCUT2D eigenvalue weighted by Crippen LogP contribution is -2.03. The molecular formula is C17H17I2N5O. The molecule has 0 fully saturated rings. The molecule has 0 aliphatic rings. The van der Waals surface area contributed by atoms with Crippen LogP contribution in [0.15, 0.2) is 42.9 Å². The number of nitrogen functional groups attached to an aromatic ring is 1. The number of aryl methyl sites for hydroxylation is 2. The highest BCUT2D eigenvalue weighted by atomic mass is 127. The molecule has 0 amide bonds. The number of ether oxygens (including phenoxy) is 1. The normalized spacial score (nSPS) is 10.0. The van der Waals surface area contributed by atoms with Crippen LogP contribution in [-0.2, 0) is 0 Å². The first kappa shape index (κ1) is 19.6. The van der Waals surface area contributed by atoms with E-state index in [1.165, 1.54) is 6.33 Å². The number of rotatable bonds is 4. The molecule has 0 bridgehead atoms. The summed E-state index contributed by atoms with van der Waals surface area (Å²) in [5, 5.41) is 3.20. The Hall–Kier alpha value is -1.69. The van der Waals surface area contributed by atoms with Crippen molar-refractivity contribution in [3.63, 3.8) is 0 Å². The number of pyridine rings is 1. The van der Waals surface area contributed by atoms with Gasteiger partial charge in [-0.15, -0.1) is 24.0 Å². The summed E-state index contributed by atoms with van der Waals surface area (Å²) in [6.07, 6.45) is 3.19. The Balaban J connectivity index is 0.00000225. The topological polar surface area (TPSA) is 86.0 Å². The van der Waals surface area contributed by atoms with Crippen LogP contribution < -0.4 is 15.8 Å². The third kappa shape index (κ3) is 4.91. The van der Waals surface area contributed by atoms with Gasteiger partial charge in [-0.3, -0.25) is 4.98 Å². The lowest BCUT2D eigenvalue weighted by atomic mass is 10.2. The lowest BCUT2D eigenvalue weighted by molar-refractivity contribution is 0.476. The summed E-state index contributed by atoms with van der Waals surface area (Å²) in [6, 6.07) is 9.61. The van der Waals surface area contributed by atoms with E-state index < -0.39 is 0 Å². The first-order valence-electron chi connectivity index (χ1n) is 7.27. The number of hydrogen-bond acceptors (Lipinski definition) is 6. The summed E-state index contributed by atoms with van der Waals surface area (Å²) < 4.78 is 6.59. The Morgan fingerprint density at radius 1 is 1.08 bits per heavy atom. The maximum Gasteiger partial charge on any atom is 0.158 e. The average molecular weight is 561 g/mol. The number of anilines is 3. The van der Waals surface area contributed by atoms with Crippen molar-refractivity contribution in [1.29, 1.82) is 0 Å². The molecule has 1 aromatic carbocycles. The standard InChI is InChI=1S/C17H16IN5O.HI/c1-10-7-12(23-17-15(19)16(18)21-9-22-17)4-6-14(10)24-13-5-3-11(2)20-8-13;/h3-9H,19H2,1-2H3,(H,21,22,23);1H. The molecule has 0 saturated carbocycles. The molecule has 8 heteroatoms. The van der Waals surface area contributed by atoms with Crippen LogP contribution in [0.2, 0.25) is 0 Å². The van der Waals surface area contributed by atoms with E-state index in [9.17, 15) is 0 Å². The fourth-order valence-electron chi connectivity index (χ4n) is 2.09. The van der Waals surface area contributed by atoms with E-state index in [4.69, 9.17) is 10.5 Å². The Bertz CT molecular complexity index is 871. The molecule has 130 valence electrons. The van der Waals surface area contributed by atoms with Gasteiger partial charge in [0.2, 0.25) is 0 Å². The first-order valence-corrected chi connectivity index (χ1v) is 8.35. The molecule has 0 aliphatic heterocycles. The van der Waals surface area contributed by atoms with E-state index in [-0.39, 0.29) is 24.0 Å². The maximum atomic E-state index is 5.99. The number of nitrogens with two attached hydrogens (primary N) is 1. The number of benzene rings is 1. The zero-order valence-corrected chi connectivity index (χ0v) is 18.1. The molecule has 2 aromatic heterocycles. The van der Waals surface area contributed by atoms with Crippen LogP contribution >= 0.6 is 46.6 Å². The van der Waals surface area contributed by atoms with Crippen LogP contribution in [0.1, 0.15) is 11.3 Å². The highest BCUT2D eigenvalue weighted by Crippen LogP contribution is 2.29. The van der Waals surface area contributed by atoms with Crippen LogP contribution in [0.3, 0.4) is 0 Å². The Kier molecular flexibility index (Phi) is 6.76. The van der Waals surface area contributed by atoms with E-state index in [0.717, 1.165) is 22.7 Å². The average Bonchev–Trinajstić information content (AvgIpc) is 2.56. The van der Waals surface area contributed by atoms with Crippen molar-refractivity contribution in [2.45, 2.75) is 13.8 Å². The second-order valence-electron chi connectivity index (χ2n) is 5.27. The second-order valence-corrected chi connectivity index (χ2v) is 6.29. The monoisotopic (exact) mass is 561 g/mol. The fourth-order valence-corrected chi connectivity index (χ4v) is 2.47. The van der Waals surface area contributed by atoms with Gasteiger partial charge in [0.05, 0.1) is 6.20 Å². The van der Waals surface area contributed by atoms with E-state index in [1.54, 1.807) is 6.20 Å². The van der Waals surface area contributed by atoms with Crippen molar-refractivity contribution in [2.75, 3.05) is 11.1 Å².